The molecule has 0 spiro atoms. The third-order valence-electron chi connectivity index (χ3n) is 2.94. The average Bonchev–Trinajstić information content (AvgIpc) is 2.98. The Morgan fingerprint density at radius 3 is 2.78 bits per heavy atom. The van der Waals surface area contributed by atoms with Gasteiger partial charge in [0.05, 0.1) is 6.04 Å². The predicted octanol–water partition coefficient (Wildman–Crippen LogP) is 4.34. The van der Waals surface area contributed by atoms with E-state index < -0.39 is 0 Å². The molecule has 0 aromatic carbocycles. The van der Waals surface area contributed by atoms with Crippen LogP contribution in [0.2, 0.25) is 5.28 Å². The van der Waals surface area contributed by atoms with Gasteiger partial charge in [0.2, 0.25) is 5.28 Å². The molecule has 98 valence electrons. The summed E-state index contributed by atoms with van der Waals surface area (Å²) in [6.07, 6.45) is 4.15. The van der Waals surface area contributed by atoms with Crippen molar-refractivity contribution < 1.29 is 0 Å². The van der Waals surface area contributed by atoms with E-state index in [1.807, 2.05) is 0 Å². The number of rotatable bonds is 6. The van der Waals surface area contributed by atoms with Gasteiger partial charge in [-0.15, -0.1) is 21.5 Å². The first-order valence-electron chi connectivity index (χ1n) is 6.40. The van der Waals surface area contributed by atoms with Crippen molar-refractivity contribution in [2.24, 2.45) is 0 Å². The second kappa shape index (κ2) is 6.34. The van der Waals surface area contributed by atoms with Gasteiger partial charge in [-0.3, -0.25) is 4.57 Å². The Balaban J connectivity index is 2.39. The number of thiophene rings is 1. The van der Waals surface area contributed by atoms with Gasteiger partial charge in [0, 0.05) is 11.3 Å². The summed E-state index contributed by atoms with van der Waals surface area (Å²) in [5.74, 6) is 0.995. The normalized spacial score (nSPS) is 12.8. The van der Waals surface area contributed by atoms with Gasteiger partial charge in [-0.25, -0.2) is 0 Å². The molecule has 2 rings (SSSR count). The number of hydrogen-bond acceptors (Lipinski definition) is 3. The molecule has 3 nitrogen and oxygen atoms in total. The van der Waals surface area contributed by atoms with Crippen molar-refractivity contribution in [3.8, 4) is 0 Å². The predicted molar refractivity (Wildman–Crippen MR) is 76.4 cm³/mol. The molecule has 0 N–H and O–H groups in total. The van der Waals surface area contributed by atoms with E-state index in [4.69, 9.17) is 11.6 Å². The summed E-state index contributed by atoms with van der Waals surface area (Å²) < 4.78 is 2.10. The summed E-state index contributed by atoms with van der Waals surface area (Å²) in [5, 5.41) is 10.8. The van der Waals surface area contributed by atoms with Gasteiger partial charge in [0.25, 0.3) is 0 Å². The maximum Gasteiger partial charge on any atom is 0.225 e. The number of halogens is 1. The Hall–Kier alpha value is -0.870. The number of nitrogens with zero attached hydrogens (tertiary/aromatic N) is 3. The first-order valence-corrected chi connectivity index (χ1v) is 7.66. The average molecular weight is 284 g/mol. The van der Waals surface area contributed by atoms with Gasteiger partial charge in [-0.1, -0.05) is 26.3 Å². The third kappa shape index (κ3) is 2.75. The zero-order chi connectivity index (χ0) is 13.0. The van der Waals surface area contributed by atoms with Crippen molar-refractivity contribution in [1.82, 2.24) is 14.8 Å². The number of hydrogen-bond donors (Lipinski definition) is 0. The second-order valence-electron chi connectivity index (χ2n) is 4.33. The molecule has 0 aliphatic carbocycles. The fourth-order valence-electron chi connectivity index (χ4n) is 2.16. The fraction of sp³-hybridized carbons (Fsp3) is 0.538. The molecular weight excluding hydrogens is 266 g/mol. The van der Waals surface area contributed by atoms with Crippen LogP contribution in [-0.2, 0) is 6.42 Å². The lowest BCUT2D eigenvalue weighted by molar-refractivity contribution is 0.518. The molecular formula is C13H18ClN3S. The molecule has 1 atom stereocenters. The number of aryl methyl sites for hydroxylation is 1. The lowest BCUT2D eigenvalue weighted by atomic mass is 10.1. The summed E-state index contributed by atoms with van der Waals surface area (Å²) in [4.78, 5) is 1.33. The summed E-state index contributed by atoms with van der Waals surface area (Å²) in [6.45, 7) is 4.34. The van der Waals surface area contributed by atoms with Crippen molar-refractivity contribution in [3.05, 3.63) is 33.5 Å². The Morgan fingerprint density at radius 1 is 1.33 bits per heavy atom. The summed E-state index contributed by atoms with van der Waals surface area (Å²) in [6, 6.07) is 4.52. The molecule has 0 aliphatic heterocycles. The maximum atomic E-state index is 6.22. The monoisotopic (exact) mass is 283 g/mol. The molecule has 0 saturated carbocycles. The molecule has 0 bridgehead atoms. The fourth-order valence-corrected chi connectivity index (χ4v) is 3.26. The van der Waals surface area contributed by atoms with E-state index in [0.29, 0.717) is 5.28 Å². The van der Waals surface area contributed by atoms with Gasteiger partial charge < -0.3 is 0 Å². The van der Waals surface area contributed by atoms with E-state index in [1.54, 1.807) is 11.3 Å². The largest absolute Gasteiger partial charge is 0.293 e. The maximum absolute atomic E-state index is 6.22. The number of aromatic nitrogens is 3. The Labute approximate surface area is 117 Å². The lowest BCUT2D eigenvalue weighted by Crippen LogP contribution is -2.13. The zero-order valence-corrected chi connectivity index (χ0v) is 12.3. The second-order valence-corrected chi connectivity index (χ2v) is 5.64. The van der Waals surface area contributed by atoms with Crippen LogP contribution in [0.25, 0.3) is 0 Å². The van der Waals surface area contributed by atoms with Crippen LogP contribution in [-0.4, -0.2) is 14.8 Å². The Bertz CT molecular complexity index is 478. The van der Waals surface area contributed by atoms with Crippen LogP contribution in [0, 0.1) is 0 Å². The quantitative estimate of drug-likeness (QED) is 0.790. The molecule has 5 heteroatoms. The molecule has 1 unspecified atom stereocenters. The van der Waals surface area contributed by atoms with E-state index in [2.05, 4.69) is 46.1 Å². The van der Waals surface area contributed by atoms with Crippen molar-refractivity contribution in [3.63, 3.8) is 0 Å². The molecule has 18 heavy (non-hydrogen) atoms. The van der Waals surface area contributed by atoms with Crippen molar-refractivity contribution in [2.45, 2.75) is 45.6 Å². The summed E-state index contributed by atoms with van der Waals surface area (Å²) >= 11 is 7.99. The van der Waals surface area contributed by atoms with Crippen LogP contribution >= 0.6 is 22.9 Å². The smallest absolute Gasteiger partial charge is 0.225 e. The highest BCUT2D eigenvalue weighted by atomic mass is 35.5. The molecule has 0 aliphatic rings. The van der Waals surface area contributed by atoms with Crippen LogP contribution in [0.5, 0.6) is 0 Å². The SMILES string of the molecule is CCCc1nnc(Cl)n1C(CCC)c1cccs1. The van der Waals surface area contributed by atoms with E-state index >= 15 is 0 Å². The van der Waals surface area contributed by atoms with Gasteiger partial charge in [-0.05, 0) is 35.9 Å². The van der Waals surface area contributed by atoms with Crippen LogP contribution in [0.4, 0.5) is 0 Å². The molecule has 0 fully saturated rings. The minimum Gasteiger partial charge on any atom is -0.293 e. The highest BCUT2D eigenvalue weighted by molar-refractivity contribution is 7.10. The van der Waals surface area contributed by atoms with Gasteiger partial charge in [0.15, 0.2) is 0 Å². The molecule has 0 saturated heterocycles. The van der Waals surface area contributed by atoms with Crippen molar-refractivity contribution >= 4 is 22.9 Å². The van der Waals surface area contributed by atoms with E-state index in [9.17, 15) is 0 Å². The minimum atomic E-state index is 0.277. The van der Waals surface area contributed by atoms with Crippen molar-refractivity contribution in [2.75, 3.05) is 0 Å². The third-order valence-corrected chi connectivity index (χ3v) is 4.18. The highest BCUT2D eigenvalue weighted by Gasteiger charge is 2.21. The van der Waals surface area contributed by atoms with Crippen LogP contribution in [0.15, 0.2) is 17.5 Å². The lowest BCUT2D eigenvalue weighted by Gasteiger charge is -2.19. The summed E-state index contributed by atoms with van der Waals surface area (Å²) in [7, 11) is 0. The standard InChI is InChI=1S/C13H18ClN3S/c1-3-6-10(11-8-5-9-18-11)17-12(7-4-2)15-16-13(17)14/h5,8-10H,3-4,6-7H2,1-2H3. The van der Waals surface area contributed by atoms with Crippen molar-refractivity contribution in [1.29, 1.82) is 0 Å². The van der Waals surface area contributed by atoms with E-state index in [0.717, 1.165) is 31.5 Å². The van der Waals surface area contributed by atoms with E-state index in [1.165, 1.54) is 4.88 Å². The molecule has 2 aromatic rings. The molecule has 2 heterocycles. The van der Waals surface area contributed by atoms with Crippen LogP contribution < -0.4 is 0 Å². The van der Waals surface area contributed by atoms with Crippen LogP contribution in [0.1, 0.15) is 49.9 Å². The van der Waals surface area contributed by atoms with Crippen LogP contribution in [0.3, 0.4) is 0 Å². The van der Waals surface area contributed by atoms with E-state index in [-0.39, 0.29) is 6.04 Å². The summed E-state index contributed by atoms with van der Waals surface area (Å²) in [5.41, 5.74) is 0. The first kappa shape index (κ1) is 13.6. The van der Waals surface area contributed by atoms with Gasteiger partial charge in [-0.2, -0.15) is 0 Å². The first-order chi connectivity index (χ1) is 8.77. The Kier molecular flexibility index (Phi) is 4.78. The van der Waals surface area contributed by atoms with Gasteiger partial charge in [0.1, 0.15) is 5.82 Å². The molecule has 2 aromatic heterocycles. The topological polar surface area (TPSA) is 30.7 Å². The Morgan fingerprint density at radius 2 is 2.17 bits per heavy atom. The highest BCUT2D eigenvalue weighted by Crippen LogP contribution is 2.31. The molecule has 0 radical (unpaired) electrons. The minimum absolute atomic E-state index is 0.277. The van der Waals surface area contributed by atoms with Gasteiger partial charge >= 0.3 is 0 Å². The molecule has 0 amide bonds. The zero-order valence-electron chi connectivity index (χ0n) is 10.8.